The van der Waals surface area contributed by atoms with E-state index in [1.807, 2.05) is 0 Å². The highest BCUT2D eigenvalue weighted by Crippen LogP contribution is 2.42. The molecule has 0 aromatic heterocycles. The molecule has 82 valence electrons. The van der Waals surface area contributed by atoms with Crippen LogP contribution in [0.15, 0.2) is 0 Å². The van der Waals surface area contributed by atoms with Crippen molar-refractivity contribution in [3.8, 4) is 0 Å². The molecule has 3 heteroatoms. The van der Waals surface area contributed by atoms with Gasteiger partial charge in [0, 0.05) is 24.9 Å². The Kier molecular flexibility index (Phi) is 2.58. The largest absolute Gasteiger partial charge is 0.336 e. The van der Waals surface area contributed by atoms with Crippen LogP contribution in [0, 0.1) is 5.41 Å². The molecular weight excluding hydrogens is 178 g/mol. The molecule has 0 N–H and O–H groups in total. The van der Waals surface area contributed by atoms with Crippen LogP contribution in [0.3, 0.4) is 0 Å². The lowest BCUT2D eigenvalue weighted by molar-refractivity contribution is -0.408. The van der Waals surface area contributed by atoms with Gasteiger partial charge in [0.2, 0.25) is 5.91 Å². The van der Waals surface area contributed by atoms with Gasteiger partial charge >= 0.3 is 0 Å². The van der Waals surface area contributed by atoms with Crippen molar-refractivity contribution in [1.29, 1.82) is 0 Å². The summed E-state index contributed by atoms with van der Waals surface area (Å²) in [6, 6.07) is 0. The molecule has 3 aliphatic rings. The second-order valence-corrected chi connectivity index (χ2v) is 4.86. The van der Waals surface area contributed by atoms with Crippen molar-refractivity contribution in [2.45, 2.75) is 39.5 Å². The third kappa shape index (κ3) is 1.47. The maximum Gasteiger partial charge on any atom is 0.229 e. The molecule has 0 aromatic carbocycles. The van der Waals surface area contributed by atoms with Crippen molar-refractivity contribution in [2.24, 2.45) is 5.41 Å². The van der Waals surface area contributed by atoms with E-state index in [2.05, 4.69) is 25.7 Å². The van der Waals surface area contributed by atoms with Crippen molar-refractivity contribution in [2.75, 3.05) is 26.3 Å². The Labute approximate surface area is 86.4 Å². The molecule has 0 amide bonds. The molecular formula is C11H21NO2. The average Bonchev–Trinajstić information content (AvgIpc) is 2.20. The second-order valence-electron chi connectivity index (χ2n) is 4.86. The molecule has 0 spiro atoms. The molecule has 3 rings (SSSR count). The highest BCUT2D eigenvalue weighted by Gasteiger charge is 2.52. The number of fused-ring (bicyclic) bond motifs is 3. The van der Waals surface area contributed by atoms with Crippen molar-refractivity contribution in [3.63, 3.8) is 0 Å². The predicted octanol–water partition coefficient (Wildman–Crippen LogP) is 1.83. The Balaban J connectivity index is 2.16. The summed E-state index contributed by atoms with van der Waals surface area (Å²) in [5.41, 5.74) is 0.214. The topological polar surface area (TPSA) is 21.7 Å². The second kappa shape index (κ2) is 3.47. The van der Waals surface area contributed by atoms with Crippen LogP contribution in [0.5, 0.6) is 0 Å². The van der Waals surface area contributed by atoms with E-state index in [0.29, 0.717) is 0 Å². The highest BCUT2D eigenvalue weighted by atomic mass is 16.7. The smallest absolute Gasteiger partial charge is 0.229 e. The van der Waals surface area contributed by atoms with E-state index >= 15 is 0 Å². The molecule has 14 heavy (non-hydrogen) atoms. The van der Waals surface area contributed by atoms with E-state index in [9.17, 15) is 0 Å². The van der Waals surface area contributed by atoms with Crippen LogP contribution >= 0.6 is 0 Å². The molecule has 0 unspecified atom stereocenters. The number of hydrogen-bond donors (Lipinski definition) is 0. The van der Waals surface area contributed by atoms with Gasteiger partial charge < -0.3 is 9.47 Å². The summed E-state index contributed by atoms with van der Waals surface area (Å²) in [6.45, 7) is 10.4. The molecule has 0 radical (unpaired) electrons. The lowest BCUT2D eigenvalue weighted by atomic mass is 9.87. The molecule has 0 saturated carbocycles. The molecule has 3 fully saturated rings. The summed E-state index contributed by atoms with van der Waals surface area (Å²) in [5, 5.41) is 0. The molecule has 2 bridgehead atoms. The Hall–Kier alpha value is -0.120. The van der Waals surface area contributed by atoms with Gasteiger partial charge in [0.1, 0.15) is 0 Å². The van der Waals surface area contributed by atoms with Crippen LogP contribution in [0.1, 0.15) is 33.6 Å². The highest BCUT2D eigenvalue weighted by molar-refractivity contribution is 4.92. The first kappa shape index (κ1) is 10.4. The van der Waals surface area contributed by atoms with Gasteiger partial charge in [0.15, 0.2) is 0 Å². The standard InChI is InChI=1S/C11H21NO2/c1-4-6-11-12(5-2)7-10(3,8-13-11)9-14-11/h4-9H2,1-3H3. The van der Waals surface area contributed by atoms with Gasteiger partial charge in [0.25, 0.3) is 0 Å². The molecule has 3 saturated heterocycles. The van der Waals surface area contributed by atoms with E-state index in [1.54, 1.807) is 0 Å². The Bertz CT molecular complexity index is 209. The van der Waals surface area contributed by atoms with E-state index < -0.39 is 0 Å². The molecule has 3 aliphatic heterocycles. The van der Waals surface area contributed by atoms with Crippen LogP contribution in [0.4, 0.5) is 0 Å². The summed E-state index contributed by atoms with van der Waals surface area (Å²) in [4.78, 5) is 2.34. The van der Waals surface area contributed by atoms with Gasteiger partial charge in [-0.1, -0.05) is 20.8 Å². The van der Waals surface area contributed by atoms with Gasteiger partial charge in [-0.15, -0.1) is 0 Å². The molecule has 0 aliphatic carbocycles. The van der Waals surface area contributed by atoms with Crippen LogP contribution in [0.2, 0.25) is 0 Å². The Morgan fingerprint density at radius 3 is 2.36 bits per heavy atom. The van der Waals surface area contributed by atoms with Crippen LogP contribution < -0.4 is 0 Å². The summed E-state index contributed by atoms with van der Waals surface area (Å²) >= 11 is 0. The van der Waals surface area contributed by atoms with Crippen molar-refractivity contribution in [1.82, 2.24) is 4.90 Å². The van der Waals surface area contributed by atoms with E-state index in [1.165, 1.54) is 0 Å². The zero-order valence-electron chi connectivity index (χ0n) is 9.51. The Morgan fingerprint density at radius 2 is 1.86 bits per heavy atom. The minimum absolute atomic E-state index is 0.214. The third-order valence-corrected chi connectivity index (χ3v) is 3.29. The first-order valence-electron chi connectivity index (χ1n) is 5.67. The fourth-order valence-electron chi connectivity index (χ4n) is 2.48. The fraction of sp³-hybridized carbons (Fsp3) is 1.00. The van der Waals surface area contributed by atoms with Crippen molar-refractivity contribution >= 4 is 0 Å². The van der Waals surface area contributed by atoms with Crippen LogP contribution in [-0.2, 0) is 9.47 Å². The predicted molar refractivity (Wildman–Crippen MR) is 54.9 cm³/mol. The van der Waals surface area contributed by atoms with Crippen molar-refractivity contribution < 1.29 is 9.47 Å². The molecule has 0 aromatic rings. The third-order valence-electron chi connectivity index (χ3n) is 3.29. The first-order valence-corrected chi connectivity index (χ1v) is 5.67. The van der Waals surface area contributed by atoms with Gasteiger partial charge in [0.05, 0.1) is 13.2 Å². The SMILES string of the molecule is CCCC12OCC(C)(CO1)CN2CC. The lowest BCUT2D eigenvalue weighted by Crippen LogP contribution is -2.68. The Morgan fingerprint density at radius 1 is 1.21 bits per heavy atom. The fourth-order valence-corrected chi connectivity index (χ4v) is 2.48. The number of nitrogens with zero attached hydrogens (tertiary/aromatic N) is 1. The van der Waals surface area contributed by atoms with Gasteiger partial charge in [-0.25, -0.2) is 0 Å². The monoisotopic (exact) mass is 199 g/mol. The number of hydrogen-bond acceptors (Lipinski definition) is 3. The van der Waals surface area contributed by atoms with E-state index in [0.717, 1.165) is 39.1 Å². The van der Waals surface area contributed by atoms with Gasteiger partial charge in [-0.05, 0) is 6.42 Å². The van der Waals surface area contributed by atoms with Crippen LogP contribution in [0.25, 0.3) is 0 Å². The van der Waals surface area contributed by atoms with E-state index in [-0.39, 0.29) is 11.3 Å². The van der Waals surface area contributed by atoms with Gasteiger partial charge in [-0.3, -0.25) is 4.90 Å². The average molecular weight is 199 g/mol. The zero-order valence-corrected chi connectivity index (χ0v) is 9.51. The molecule has 3 nitrogen and oxygen atoms in total. The molecule has 3 heterocycles. The zero-order chi connectivity index (χ0) is 10.2. The normalized spacial score (nSPS) is 43.1. The van der Waals surface area contributed by atoms with Crippen molar-refractivity contribution in [3.05, 3.63) is 0 Å². The quantitative estimate of drug-likeness (QED) is 0.692. The summed E-state index contributed by atoms with van der Waals surface area (Å²) in [5.74, 6) is -0.388. The maximum absolute atomic E-state index is 5.92. The summed E-state index contributed by atoms with van der Waals surface area (Å²) in [6.07, 6.45) is 2.09. The summed E-state index contributed by atoms with van der Waals surface area (Å²) < 4.78 is 11.8. The van der Waals surface area contributed by atoms with Gasteiger partial charge in [-0.2, -0.15) is 0 Å². The minimum Gasteiger partial charge on any atom is -0.336 e. The first-order chi connectivity index (χ1) is 6.64. The number of ether oxygens (including phenoxy) is 2. The maximum atomic E-state index is 5.92. The molecule has 0 atom stereocenters. The minimum atomic E-state index is -0.388. The van der Waals surface area contributed by atoms with Crippen LogP contribution in [-0.4, -0.2) is 37.1 Å². The number of rotatable bonds is 3. The summed E-state index contributed by atoms with van der Waals surface area (Å²) in [7, 11) is 0. The van der Waals surface area contributed by atoms with E-state index in [4.69, 9.17) is 9.47 Å². The lowest BCUT2D eigenvalue weighted by Gasteiger charge is -2.57.